The van der Waals surface area contributed by atoms with Gasteiger partial charge in [0.15, 0.2) is 0 Å². The van der Waals surface area contributed by atoms with Gasteiger partial charge < -0.3 is 5.11 Å². The van der Waals surface area contributed by atoms with Gasteiger partial charge in [-0.3, -0.25) is 0 Å². The molecular weight excluding hydrogens is 290 g/mol. The predicted molar refractivity (Wildman–Crippen MR) is 82.0 cm³/mol. The highest BCUT2D eigenvalue weighted by molar-refractivity contribution is 7.89. The van der Waals surface area contributed by atoms with E-state index in [1.165, 1.54) is 18.2 Å². The summed E-state index contributed by atoms with van der Waals surface area (Å²) in [6, 6.07) is 4.14. The highest BCUT2D eigenvalue weighted by Crippen LogP contribution is 2.16. The summed E-state index contributed by atoms with van der Waals surface area (Å²) in [5, 5.41) is 9.04. The molecule has 0 unspecified atom stereocenters. The van der Waals surface area contributed by atoms with Crippen LogP contribution in [-0.2, 0) is 10.0 Å². The standard InChI is InChI=1S/C15H23NO4S/c1-11(2)6-4-5-9-16-21(19,20)13-8-7-12(3)14(10-13)15(17)18/h7-8,10-11,16H,4-6,9H2,1-3H3,(H,17,18). The van der Waals surface area contributed by atoms with Gasteiger partial charge in [0.25, 0.3) is 0 Å². The molecule has 0 heterocycles. The fourth-order valence-electron chi connectivity index (χ4n) is 1.97. The molecule has 0 atom stereocenters. The van der Waals surface area contributed by atoms with Crippen molar-refractivity contribution in [3.8, 4) is 0 Å². The van der Waals surface area contributed by atoms with E-state index < -0.39 is 16.0 Å². The van der Waals surface area contributed by atoms with Crippen molar-refractivity contribution in [2.45, 2.75) is 44.9 Å². The number of sulfonamides is 1. The Labute approximate surface area is 126 Å². The number of aromatic carboxylic acids is 1. The fraction of sp³-hybridized carbons (Fsp3) is 0.533. The monoisotopic (exact) mass is 313 g/mol. The number of nitrogens with one attached hydrogen (secondary N) is 1. The van der Waals surface area contributed by atoms with E-state index in [9.17, 15) is 13.2 Å². The molecule has 0 aromatic heterocycles. The molecular formula is C15H23NO4S. The summed E-state index contributed by atoms with van der Waals surface area (Å²) in [5.74, 6) is -0.515. The first-order valence-electron chi connectivity index (χ1n) is 7.07. The highest BCUT2D eigenvalue weighted by Gasteiger charge is 2.17. The molecule has 0 spiro atoms. The zero-order valence-corrected chi connectivity index (χ0v) is 13.5. The molecule has 0 bridgehead atoms. The Morgan fingerprint density at radius 3 is 2.52 bits per heavy atom. The van der Waals surface area contributed by atoms with E-state index >= 15 is 0 Å². The minimum atomic E-state index is -3.65. The second kappa shape index (κ2) is 7.56. The Morgan fingerprint density at radius 1 is 1.29 bits per heavy atom. The number of hydrogen-bond donors (Lipinski definition) is 2. The summed E-state index contributed by atoms with van der Waals surface area (Å²) in [4.78, 5) is 11.0. The van der Waals surface area contributed by atoms with Gasteiger partial charge >= 0.3 is 5.97 Å². The van der Waals surface area contributed by atoms with Crippen LogP contribution in [0.1, 0.15) is 49.0 Å². The van der Waals surface area contributed by atoms with Crippen LogP contribution >= 0.6 is 0 Å². The van der Waals surface area contributed by atoms with Crippen LogP contribution in [0.15, 0.2) is 23.1 Å². The van der Waals surface area contributed by atoms with Gasteiger partial charge in [0.1, 0.15) is 0 Å². The van der Waals surface area contributed by atoms with E-state index in [0.717, 1.165) is 19.3 Å². The lowest BCUT2D eigenvalue weighted by Crippen LogP contribution is -2.25. The Balaban J connectivity index is 2.70. The third kappa shape index (κ3) is 5.47. The minimum absolute atomic E-state index is 0.00522. The average molecular weight is 313 g/mol. The number of aryl methyl sites for hydroxylation is 1. The lowest BCUT2D eigenvalue weighted by atomic mass is 10.1. The summed E-state index contributed by atoms with van der Waals surface area (Å²) in [5.41, 5.74) is 0.552. The van der Waals surface area contributed by atoms with E-state index in [4.69, 9.17) is 5.11 Å². The van der Waals surface area contributed by atoms with Gasteiger partial charge in [0.2, 0.25) is 10.0 Å². The summed E-state index contributed by atoms with van der Waals surface area (Å²) in [6.45, 7) is 6.26. The second-order valence-electron chi connectivity index (χ2n) is 5.57. The summed E-state index contributed by atoms with van der Waals surface area (Å²) >= 11 is 0. The lowest BCUT2D eigenvalue weighted by molar-refractivity contribution is 0.0696. The van der Waals surface area contributed by atoms with Gasteiger partial charge in [0.05, 0.1) is 10.5 Å². The van der Waals surface area contributed by atoms with Gasteiger partial charge in [-0.2, -0.15) is 0 Å². The van der Waals surface area contributed by atoms with Crippen molar-refractivity contribution >= 4 is 16.0 Å². The van der Waals surface area contributed by atoms with Crippen molar-refractivity contribution in [1.29, 1.82) is 0 Å². The minimum Gasteiger partial charge on any atom is -0.478 e. The molecule has 21 heavy (non-hydrogen) atoms. The number of carboxylic acid groups (broad SMARTS) is 1. The van der Waals surface area contributed by atoms with Crippen LogP contribution in [0, 0.1) is 12.8 Å². The number of benzene rings is 1. The predicted octanol–water partition coefficient (Wildman–Crippen LogP) is 2.80. The maximum atomic E-state index is 12.1. The Morgan fingerprint density at radius 2 is 1.95 bits per heavy atom. The number of carbonyl (C=O) groups is 1. The molecule has 0 fully saturated rings. The molecule has 2 N–H and O–H groups in total. The van der Waals surface area contributed by atoms with Crippen molar-refractivity contribution in [2.75, 3.05) is 6.54 Å². The number of hydrogen-bond acceptors (Lipinski definition) is 3. The Hall–Kier alpha value is -1.40. The molecule has 1 aromatic carbocycles. The number of unbranched alkanes of at least 4 members (excludes halogenated alkanes) is 1. The average Bonchev–Trinajstić information content (AvgIpc) is 2.37. The molecule has 0 aliphatic carbocycles. The molecule has 1 aromatic rings. The second-order valence-corrected chi connectivity index (χ2v) is 7.34. The zero-order valence-electron chi connectivity index (χ0n) is 12.7. The zero-order chi connectivity index (χ0) is 16.0. The van der Waals surface area contributed by atoms with Gasteiger partial charge in [-0.05, 0) is 37.0 Å². The first-order chi connectivity index (χ1) is 9.74. The quantitative estimate of drug-likeness (QED) is 0.723. The SMILES string of the molecule is Cc1ccc(S(=O)(=O)NCCCCC(C)C)cc1C(=O)O. The van der Waals surface area contributed by atoms with E-state index in [0.29, 0.717) is 18.0 Å². The van der Waals surface area contributed by atoms with Gasteiger partial charge in [-0.15, -0.1) is 0 Å². The molecule has 6 heteroatoms. The summed E-state index contributed by atoms with van der Waals surface area (Å²) < 4.78 is 26.7. The van der Waals surface area contributed by atoms with Crippen LogP contribution < -0.4 is 4.72 Å². The van der Waals surface area contributed by atoms with E-state index in [1.807, 2.05) is 0 Å². The first kappa shape index (κ1) is 17.7. The van der Waals surface area contributed by atoms with Crippen molar-refractivity contribution in [3.63, 3.8) is 0 Å². The Kier molecular flexibility index (Phi) is 6.36. The molecule has 0 saturated carbocycles. The molecule has 0 radical (unpaired) electrons. The van der Waals surface area contributed by atoms with Crippen LogP contribution in [0.25, 0.3) is 0 Å². The van der Waals surface area contributed by atoms with Crippen molar-refractivity contribution in [2.24, 2.45) is 5.92 Å². The lowest BCUT2D eigenvalue weighted by Gasteiger charge is -2.09. The van der Waals surface area contributed by atoms with Crippen molar-refractivity contribution < 1.29 is 18.3 Å². The van der Waals surface area contributed by atoms with Crippen LogP contribution in [-0.4, -0.2) is 26.0 Å². The normalized spacial score (nSPS) is 11.8. The van der Waals surface area contributed by atoms with Crippen LogP contribution in [0.4, 0.5) is 0 Å². The molecule has 0 aliphatic heterocycles. The maximum absolute atomic E-state index is 12.1. The molecule has 118 valence electrons. The summed E-state index contributed by atoms with van der Waals surface area (Å²) in [6.07, 6.45) is 2.80. The molecule has 1 rings (SSSR count). The highest BCUT2D eigenvalue weighted by atomic mass is 32.2. The topological polar surface area (TPSA) is 83.5 Å². The summed E-state index contributed by atoms with van der Waals surface area (Å²) in [7, 11) is -3.65. The van der Waals surface area contributed by atoms with E-state index in [2.05, 4.69) is 18.6 Å². The Bertz CT molecular complexity index is 594. The maximum Gasteiger partial charge on any atom is 0.335 e. The van der Waals surface area contributed by atoms with E-state index in [1.54, 1.807) is 6.92 Å². The molecule has 0 amide bonds. The van der Waals surface area contributed by atoms with Crippen LogP contribution in [0.3, 0.4) is 0 Å². The first-order valence-corrected chi connectivity index (χ1v) is 8.56. The third-order valence-corrected chi connectivity index (χ3v) is 4.71. The smallest absolute Gasteiger partial charge is 0.335 e. The number of rotatable bonds is 8. The fourth-order valence-corrected chi connectivity index (χ4v) is 3.07. The van der Waals surface area contributed by atoms with Crippen molar-refractivity contribution in [3.05, 3.63) is 29.3 Å². The van der Waals surface area contributed by atoms with Gasteiger partial charge in [0, 0.05) is 6.54 Å². The van der Waals surface area contributed by atoms with Gasteiger partial charge in [-0.1, -0.05) is 32.8 Å². The van der Waals surface area contributed by atoms with Crippen molar-refractivity contribution in [1.82, 2.24) is 4.72 Å². The molecule has 0 saturated heterocycles. The van der Waals surface area contributed by atoms with Gasteiger partial charge in [-0.25, -0.2) is 17.9 Å². The van der Waals surface area contributed by atoms with E-state index in [-0.39, 0.29) is 10.5 Å². The van der Waals surface area contributed by atoms with Crippen LogP contribution in [0.5, 0.6) is 0 Å². The largest absolute Gasteiger partial charge is 0.478 e. The van der Waals surface area contributed by atoms with Crippen LogP contribution in [0.2, 0.25) is 0 Å². The third-order valence-electron chi connectivity index (χ3n) is 3.25. The number of carboxylic acids is 1. The molecule has 0 aliphatic rings. The molecule has 5 nitrogen and oxygen atoms in total.